The van der Waals surface area contributed by atoms with Gasteiger partial charge in [-0.05, 0) is 31.3 Å². The zero-order chi connectivity index (χ0) is 12.8. The van der Waals surface area contributed by atoms with Crippen LogP contribution in [0.25, 0.3) is 0 Å². The first kappa shape index (κ1) is 12.4. The maximum Gasteiger partial charge on any atom is 0.174 e. The van der Waals surface area contributed by atoms with Crippen LogP contribution in [0, 0.1) is 0 Å². The van der Waals surface area contributed by atoms with Gasteiger partial charge in [-0.1, -0.05) is 12.1 Å². The van der Waals surface area contributed by atoms with Gasteiger partial charge in [0.25, 0.3) is 0 Å². The number of likely N-dealkylation sites (N-methyl/N-ethyl adjacent to an activating group) is 2. The minimum Gasteiger partial charge on any atom is -0.388 e. The number of rotatable bonds is 4. The molecule has 1 unspecified atom stereocenters. The summed E-state index contributed by atoms with van der Waals surface area (Å²) in [6, 6.07) is 5.58. The van der Waals surface area contributed by atoms with Crippen LogP contribution in [0.4, 0.5) is 5.82 Å². The predicted molar refractivity (Wildman–Crippen MR) is 71.4 cm³/mol. The summed E-state index contributed by atoms with van der Waals surface area (Å²) in [4.78, 5) is 4.12. The number of pyridine rings is 1. The summed E-state index contributed by atoms with van der Waals surface area (Å²) in [6.07, 6.45) is 8.55. The van der Waals surface area contributed by atoms with Crippen molar-refractivity contribution in [2.45, 2.75) is 12.1 Å². The topological polar surface area (TPSA) is 61.7 Å². The van der Waals surface area contributed by atoms with Crippen LogP contribution in [0.2, 0.25) is 0 Å². The highest BCUT2D eigenvalue weighted by Gasteiger charge is 2.25. The van der Waals surface area contributed by atoms with Crippen molar-refractivity contribution in [3.8, 4) is 0 Å². The van der Waals surface area contributed by atoms with Crippen molar-refractivity contribution in [1.29, 1.82) is 0 Å². The molecule has 0 aliphatic heterocycles. The Hall–Kier alpha value is -2.01. The zero-order valence-corrected chi connectivity index (χ0v) is 10.6. The molecule has 5 heteroatoms. The second-order valence-electron chi connectivity index (χ2n) is 4.01. The minimum absolute atomic E-state index is 0.474. The van der Waals surface area contributed by atoms with E-state index in [1.54, 1.807) is 6.20 Å². The lowest BCUT2D eigenvalue weighted by atomic mass is 10.0. The van der Waals surface area contributed by atoms with Crippen molar-refractivity contribution in [2.24, 2.45) is 10.2 Å². The van der Waals surface area contributed by atoms with E-state index in [-0.39, 0.29) is 0 Å². The van der Waals surface area contributed by atoms with E-state index in [9.17, 15) is 0 Å². The molecule has 0 amide bonds. The molecule has 0 saturated carbocycles. The smallest absolute Gasteiger partial charge is 0.174 e. The van der Waals surface area contributed by atoms with Gasteiger partial charge in [0.1, 0.15) is 0 Å². The van der Waals surface area contributed by atoms with Gasteiger partial charge in [-0.25, -0.2) is 4.98 Å². The van der Waals surface area contributed by atoms with E-state index in [2.05, 4.69) is 31.9 Å². The molecule has 0 spiro atoms. The van der Waals surface area contributed by atoms with Crippen molar-refractivity contribution in [2.75, 3.05) is 14.1 Å². The van der Waals surface area contributed by atoms with Crippen LogP contribution in [-0.4, -0.2) is 24.7 Å². The second-order valence-corrected chi connectivity index (χ2v) is 4.01. The molecule has 0 fully saturated rings. The van der Waals surface area contributed by atoms with Crippen LogP contribution in [0.5, 0.6) is 0 Å². The zero-order valence-electron chi connectivity index (χ0n) is 10.6. The monoisotopic (exact) mass is 243 g/mol. The molecule has 1 aliphatic carbocycles. The van der Waals surface area contributed by atoms with Crippen molar-refractivity contribution in [1.82, 2.24) is 15.6 Å². The van der Waals surface area contributed by atoms with Gasteiger partial charge in [-0.2, -0.15) is 5.11 Å². The first-order valence-corrected chi connectivity index (χ1v) is 5.88. The maximum atomic E-state index is 4.36. The van der Waals surface area contributed by atoms with Crippen LogP contribution in [-0.2, 0) is 0 Å². The lowest BCUT2D eigenvalue weighted by Gasteiger charge is -2.26. The molecule has 1 heterocycles. The van der Waals surface area contributed by atoms with Crippen LogP contribution in [0.1, 0.15) is 6.42 Å². The standard InChI is InChI=1S/C13H17N5/c1-14-11-6-8-13(15-2,9-7-11)18-17-12-5-3-4-10-16-12/h3-8,10,14-15H,9H2,1-2H3. The average molecular weight is 243 g/mol. The molecular weight excluding hydrogens is 226 g/mol. The molecule has 2 N–H and O–H groups in total. The number of nitrogens with zero attached hydrogens (tertiary/aromatic N) is 3. The molecule has 5 nitrogen and oxygen atoms in total. The summed E-state index contributed by atoms with van der Waals surface area (Å²) >= 11 is 0. The van der Waals surface area contributed by atoms with Gasteiger partial charge < -0.3 is 5.32 Å². The highest BCUT2D eigenvalue weighted by molar-refractivity contribution is 5.28. The summed E-state index contributed by atoms with van der Waals surface area (Å²) in [7, 11) is 3.78. The molecule has 1 aromatic rings. The van der Waals surface area contributed by atoms with Gasteiger partial charge >= 0.3 is 0 Å². The number of aromatic nitrogens is 1. The molecule has 1 aromatic heterocycles. The van der Waals surface area contributed by atoms with E-state index in [4.69, 9.17) is 0 Å². The van der Waals surface area contributed by atoms with E-state index in [0.29, 0.717) is 5.82 Å². The molecule has 0 aromatic carbocycles. The molecule has 0 radical (unpaired) electrons. The fourth-order valence-electron chi connectivity index (χ4n) is 1.68. The van der Waals surface area contributed by atoms with Crippen molar-refractivity contribution in [3.63, 3.8) is 0 Å². The normalized spacial score (nSPS) is 23.1. The third-order valence-corrected chi connectivity index (χ3v) is 2.87. The Kier molecular flexibility index (Phi) is 3.84. The van der Waals surface area contributed by atoms with E-state index in [0.717, 1.165) is 12.1 Å². The Balaban J connectivity index is 2.14. The lowest BCUT2D eigenvalue weighted by molar-refractivity contribution is 0.435. The average Bonchev–Trinajstić information content (AvgIpc) is 2.47. The lowest BCUT2D eigenvalue weighted by Crippen LogP contribution is -2.39. The first-order chi connectivity index (χ1) is 8.78. The maximum absolute atomic E-state index is 4.36. The van der Waals surface area contributed by atoms with E-state index < -0.39 is 5.66 Å². The van der Waals surface area contributed by atoms with Crippen LogP contribution in [0.3, 0.4) is 0 Å². The second kappa shape index (κ2) is 5.55. The van der Waals surface area contributed by atoms with E-state index >= 15 is 0 Å². The van der Waals surface area contributed by atoms with Crippen molar-refractivity contribution < 1.29 is 0 Å². The Labute approximate surface area is 107 Å². The van der Waals surface area contributed by atoms with Gasteiger partial charge in [0.05, 0.1) is 0 Å². The van der Waals surface area contributed by atoms with Gasteiger partial charge in [0, 0.05) is 25.4 Å². The fourth-order valence-corrected chi connectivity index (χ4v) is 1.68. The van der Waals surface area contributed by atoms with Gasteiger partial charge in [0.15, 0.2) is 11.5 Å². The van der Waals surface area contributed by atoms with Crippen LogP contribution in [0.15, 0.2) is 58.5 Å². The third-order valence-electron chi connectivity index (χ3n) is 2.87. The number of hydrogen-bond donors (Lipinski definition) is 2. The summed E-state index contributed by atoms with van der Waals surface area (Å²) < 4.78 is 0. The van der Waals surface area contributed by atoms with Gasteiger partial charge in [-0.15, -0.1) is 5.11 Å². The summed E-state index contributed by atoms with van der Waals surface area (Å²) in [5, 5.41) is 14.8. The minimum atomic E-state index is -0.474. The summed E-state index contributed by atoms with van der Waals surface area (Å²) in [5.41, 5.74) is 0.617. The van der Waals surface area contributed by atoms with Gasteiger partial charge in [-0.3, -0.25) is 5.32 Å². The number of azo groups is 1. The van der Waals surface area contributed by atoms with Crippen molar-refractivity contribution in [3.05, 3.63) is 48.3 Å². The third kappa shape index (κ3) is 2.81. The Morgan fingerprint density at radius 3 is 2.78 bits per heavy atom. The molecule has 1 atom stereocenters. The molecular formula is C13H17N5. The summed E-state index contributed by atoms with van der Waals surface area (Å²) in [6.45, 7) is 0. The predicted octanol–water partition coefficient (Wildman–Crippen LogP) is 2.14. The quantitative estimate of drug-likeness (QED) is 0.796. The van der Waals surface area contributed by atoms with Crippen molar-refractivity contribution >= 4 is 5.82 Å². The molecule has 2 rings (SSSR count). The summed E-state index contributed by atoms with van der Waals surface area (Å²) in [5.74, 6) is 0.615. The fraction of sp³-hybridized carbons (Fsp3) is 0.308. The van der Waals surface area contributed by atoms with E-state index in [1.807, 2.05) is 44.4 Å². The number of nitrogens with one attached hydrogen (secondary N) is 2. The Bertz CT molecular complexity index is 477. The SMILES string of the molecule is CNC1=CCC(N=Nc2ccccn2)(NC)C=C1. The number of allylic oxidation sites excluding steroid dienone is 1. The van der Waals surface area contributed by atoms with Crippen LogP contribution >= 0.6 is 0 Å². The van der Waals surface area contributed by atoms with Crippen LogP contribution < -0.4 is 10.6 Å². The molecule has 18 heavy (non-hydrogen) atoms. The molecule has 0 bridgehead atoms. The van der Waals surface area contributed by atoms with Gasteiger partial charge in [0.2, 0.25) is 0 Å². The number of hydrogen-bond acceptors (Lipinski definition) is 5. The van der Waals surface area contributed by atoms with E-state index in [1.165, 1.54) is 0 Å². The first-order valence-electron chi connectivity index (χ1n) is 5.88. The molecule has 94 valence electrons. The highest BCUT2D eigenvalue weighted by atomic mass is 15.3. The molecule has 1 aliphatic rings. The molecule has 0 saturated heterocycles. The Morgan fingerprint density at radius 1 is 1.33 bits per heavy atom. The highest BCUT2D eigenvalue weighted by Crippen LogP contribution is 2.23. The largest absolute Gasteiger partial charge is 0.388 e. The Morgan fingerprint density at radius 2 is 2.22 bits per heavy atom.